The van der Waals surface area contributed by atoms with Crippen LogP contribution in [0.2, 0.25) is 0 Å². The van der Waals surface area contributed by atoms with E-state index in [1.165, 1.54) is 71.0 Å². The van der Waals surface area contributed by atoms with Crippen LogP contribution in [-0.4, -0.2) is 29.8 Å². The first-order chi connectivity index (χ1) is 7.33. The van der Waals surface area contributed by atoms with E-state index in [1.807, 2.05) is 0 Å². The molecule has 1 atom stereocenters. The number of likely N-dealkylation sites (tertiary alicyclic amines) is 1. The first kappa shape index (κ1) is 13.4. The molecule has 1 rings (SSSR count). The van der Waals surface area contributed by atoms with E-state index in [0.717, 1.165) is 0 Å². The van der Waals surface area contributed by atoms with Crippen molar-refractivity contribution in [3.63, 3.8) is 0 Å². The molecular formula is C13H27NS. The van der Waals surface area contributed by atoms with Gasteiger partial charge in [0.2, 0.25) is 0 Å². The molecule has 0 aromatic carbocycles. The van der Waals surface area contributed by atoms with Crippen LogP contribution in [0.15, 0.2) is 0 Å². The number of rotatable bonds is 7. The molecule has 1 fully saturated rings. The second-order valence-electron chi connectivity index (χ2n) is 4.84. The molecule has 0 radical (unpaired) electrons. The molecule has 0 aliphatic carbocycles. The van der Waals surface area contributed by atoms with Crippen LogP contribution in [0.25, 0.3) is 0 Å². The summed E-state index contributed by atoms with van der Waals surface area (Å²) in [6.45, 7) is 6.25. The minimum atomic E-state index is 0.648. The van der Waals surface area contributed by atoms with Gasteiger partial charge in [-0.1, -0.05) is 26.2 Å². The summed E-state index contributed by atoms with van der Waals surface area (Å²) in [5.74, 6) is 0. The molecule has 1 nitrogen and oxygen atoms in total. The highest BCUT2D eigenvalue weighted by atomic mass is 32.1. The molecule has 0 amide bonds. The van der Waals surface area contributed by atoms with Crippen LogP contribution in [0.3, 0.4) is 0 Å². The maximum Gasteiger partial charge on any atom is 0.00172 e. The van der Waals surface area contributed by atoms with E-state index in [1.54, 1.807) is 0 Å². The van der Waals surface area contributed by atoms with Crippen LogP contribution in [0.1, 0.15) is 58.3 Å². The van der Waals surface area contributed by atoms with Gasteiger partial charge in [-0.05, 0) is 51.7 Å². The molecule has 0 bridgehead atoms. The molecular weight excluding hydrogens is 202 g/mol. The summed E-state index contributed by atoms with van der Waals surface area (Å²) in [6.07, 6.45) is 10.9. The Balaban J connectivity index is 1.94. The molecule has 1 aliphatic rings. The summed E-state index contributed by atoms with van der Waals surface area (Å²) >= 11 is 4.64. The lowest BCUT2D eigenvalue weighted by Gasteiger charge is -2.26. The largest absolute Gasteiger partial charge is 0.303 e. The Morgan fingerprint density at radius 1 is 1.07 bits per heavy atom. The van der Waals surface area contributed by atoms with Crippen LogP contribution >= 0.6 is 12.6 Å². The second-order valence-corrected chi connectivity index (χ2v) is 5.57. The fourth-order valence-electron chi connectivity index (χ4n) is 2.32. The number of hydrogen-bond donors (Lipinski definition) is 1. The molecule has 15 heavy (non-hydrogen) atoms. The predicted molar refractivity (Wildman–Crippen MR) is 71.8 cm³/mol. The Morgan fingerprint density at radius 3 is 2.40 bits per heavy atom. The summed E-state index contributed by atoms with van der Waals surface area (Å²) in [6, 6.07) is 0. The first-order valence-corrected chi connectivity index (χ1v) is 7.25. The van der Waals surface area contributed by atoms with Gasteiger partial charge in [-0.3, -0.25) is 0 Å². The highest BCUT2D eigenvalue weighted by Gasteiger charge is 2.10. The van der Waals surface area contributed by atoms with E-state index in [4.69, 9.17) is 0 Å². The topological polar surface area (TPSA) is 3.24 Å². The van der Waals surface area contributed by atoms with Gasteiger partial charge in [-0.15, -0.1) is 0 Å². The van der Waals surface area contributed by atoms with Crippen molar-refractivity contribution < 1.29 is 0 Å². The lowest BCUT2D eigenvalue weighted by molar-refractivity contribution is 0.224. The fourth-order valence-corrected chi connectivity index (χ4v) is 2.68. The number of nitrogens with zero attached hydrogens (tertiary/aromatic N) is 1. The smallest absolute Gasteiger partial charge is 0.00172 e. The van der Waals surface area contributed by atoms with Gasteiger partial charge in [-0.25, -0.2) is 0 Å². The van der Waals surface area contributed by atoms with E-state index in [-0.39, 0.29) is 0 Å². The molecule has 1 unspecified atom stereocenters. The molecule has 0 saturated carbocycles. The zero-order chi connectivity index (χ0) is 10.9. The Labute approximate surface area is 101 Å². The quantitative estimate of drug-likeness (QED) is 0.651. The lowest BCUT2D eigenvalue weighted by atomic mass is 10.1. The van der Waals surface area contributed by atoms with Crippen LogP contribution in [0.4, 0.5) is 0 Å². The SMILES string of the molecule is CCCCC(S)CCCN1CCCCC1. The van der Waals surface area contributed by atoms with E-state index < -0.39 is 0 Å². The third kappa shape index (κ3) is 6.47. The van der Waals surface area contributed by atoms with Gasteiger partial charge in [0.05, 0.1) is 0 Å². The van der Waals surface area contributed by atoms with Crippen LogP contribution in [0.5, 0.6) is 0 Å². The van der Waals surface area contributed by atoms with Gasteiger partial charge in [0.15, 0.2) is 0 Å². The summed E-state index contributed by atoms with van der Waals surface area (Å²) in [5, 5.41) is 0.648. The average molecular weight is 229 g/mol. The van der Waals surface area contributed by atoms with E-state index >= 15 is 0 Å². The molecule has 1 aliphatic heterocycles. The number of hydrogen-bond acceptors (Lipinski definition) is 2. The zero-order valence-corrected chi connectivity index (χ0v) is 11.1. The van der Waals surface area contributed by atoms with Gasteiger partial charge in [-0.2, -0.15) is 12.6 Å². The van der Waals surface area contributed by atoms with Crippen molar-refractivity contribution in [1.29, 1.82) is 0 Å². The summed E-state index contributed by atoms with van der Waals surface area (Å²) < 4.78 is 0. The van der Waals surface area contributed by atoms with Crippen molar-refractivity contribution in [3.8, 4) is 0 Å². The normalized spacial score (nSPS) is 20.4. The van der Waals surface area contributed by atoms with Gasteiger partial charge in [0.1, 0.15) is 0 Å². The summed E-state index contributed by atoms with van der Waals surface area (Å²) in [4.78, 5) is 2.63. The summed E-state index contributed by atoms with van der Waals surface area (Å²) in [7, 11) is 0. The molecule has 1 saturated heterocycles. The molecule has 1 heterocycles. The third-order valence-corrected chi connectivity index (χ3v) is 3.87. The number of piperidine rings is 1. The highest BCUT2D eigenvalue weighted by Crippen LogP contribution is 2.15. The maximum absolute atomic E-state index is 4.64. The van der Waals surface area contributed by atoms with E-state index in [0.29, 0.717) is 5.25 Å². The van der Waals surface area contributed by atoms with Crippen molar-refractivity contribution in [2.75, 3.05) is 19.6 Å². The minimum absolute atomic E-state index is 0.648. The Morgan fingerprint density at radius 2 is 1.73 bits per heavy atom. The lowest BCUT2D eigenvalue weighted by Crippen LogP contribution is -2.30. The standard InChI is InChI=1S/C13H27NS/c1-2-3-8-13(15)9-7-12-14-10-5-4-6-11-14/h13,15H,2-12H2,1H3. The Hall–Kier alpha value is 0.310. The molecule has 0 aromatic heterocycles. The molecule has 90 valence electrons. The van der Waals surface area contributed by atoms with Gasteiger partial charge < -0.3 is 4.90 Å². The second kappa shape index (κ2) is 8.46. The molecule has 0 spiro atoms. The van der Waals surface area contributed by atoms with E-state index in [9.17, 15) is 0 Å². The van der Waals surface area contributed by atoms with Crippen LogP contribution < -0.4 is 0 Å². The molecule has 0 aromatic rings. The van der Waals surface area contributed by atoms with Crippen molar-refractivity contribution in [2.45, 2.75) is 63.5 Å². The van der Waals surface area contributed by atoms with Crippen LogP contribution in [-0.2, 0) is 0 Å². The Bertz CT molecular complexity index is 143. The van der Waals surface area contributed by atoms with Crippen molar-refractivity contribution in [3.05, 3.63) is 0 Å². The van der Waals surface area contributed by atoms with Gasteiger partial charge in [0.25, 0.3) is 0 Å². The fraction of sp³-hybridized carbons (Fsp3) is 1.00. The summed E-state index contributed by atoms with van der Waals surface area (Å²) in [5.41, 5.74) is 0. The number of unbranched alkanes of at least 4 members (excludes halogenated alkanes) is 1. The van der Waals surface area contributed by atoms with Crippen molar-refractivity contribution in [1.82, 2.24) is 4.90 Å². The van der Waals surface area contributed by atoms with Crippen LogP contribution in [0, 0.1) is 0 Å². The predicted octanol–water partition coefficient (Wildman–Crippen LogP) is 3.74. The van der Waals surface area contributed by atoms with Crippen molar-refractivity contribution >= 4 is 12.6 Å². The van der Waals surface area contributed by atoms with Gasteiger partial charge >= 0.3 is 0 Å². The molecule has 0 N–H and O–H groups in total. The maximum atomic E-state index is 4.64. The first-order valence-electron chi connectivity index (χ1n) is 6.73. The number of thiol groups is 1. The molecule has 2 heteroatoms. The van der Waals surface area contributed by atoms with Crippen molar-refractivity contribution in [2.24, 2.45) is 0 Å². The average Bonchev–Trinajstić information content (AvgIpc) is 2.28. The monoisotopic (exact) mass is 229 g/mol. The third-order valence-electron chi connectivity index (χ3n) is 3.35. The Kier molecular flexibility index (Phi) is 7.54. The highest BCUT2D eigenvalue weighted by molar-refractivity contribution is 7.80. The zero-order valence-electron chi connectivity index (χ0n) is 10.2. The van der Waals surface area contributed by atoms with E-state index in [2.05, 4.69) is 24.5 Å². The van der Waals surface area contributed by atoms with Gasteiger partial charge in [0, 0.05) is 5.25 Å². The minimum Gasteiger partial charge on any atom is -0.303 e.